The number of ether oxygens (including phenoxy) is 1. The molecule has 0 aromatic heterocycles. The van der Waals surface area contributed by atoms with Crippen molar-refractivity contribution in [3.8, 4) is 0 Å². The smallest absolute Gasteiger partial charge is 0.541 e. The maximum atomic E-state index is 12.0. The summed E-state index contributed by atoms with van der Waals surface area (Å²) in [5, 5.41) is 13.5. The molecular formula is C14H15KN2O5. The third kappa shape index (κ3) is 5.15. The SMILES string of the molecule is O=C([O-])C(=O)c1ccccc1NCC(=O)N1CCOCC1.[K+]. The summed E-state index contributed by atoms with van der Waals surface area (Å²) in [6, 6.07) is 6.11. The van der Waals surface area contributed by atoms with E-state index in [1.54, 1.807) is 23.1 Å². The van der Waals surface area contributed by atoms with Crippen molar-refractivity contribution in [1.29, 1.82) is 0 Å². The number of hydrogen-bond acceptors (Lipinski definition) is 6. The van der Waals surface area contributed by atoms with Gasteiger partial charge in [-0.1, -0.05) is 12.1 Å². The van der Waals surface area contributed by atoms with E-state index in [1.807, 2.05) is 0 Å². The van der Waals surface area contributed by atoms with Crippen molar-refractivity contribution in [2.75, 3.05) is 38.2 Å². The number of amides is 1. The minimum atomic E-state index is -1.77. The third-order valence-electron chi connectivity index (χ3n) is 3.15. The van der Waals surface area contributed by atoms with Crippen LogP contribution >= 0.6 is 0 Å². The van der Waals surface area contributed by atoms with Gasteiger partial charge in [0.25, 0.3) is 0 Å². The number of hydrogen-bond donors (Lipinski definition) is 1. The molecule has 7 nitrogen and oxygen atoms in total. The molecule has 112 valence electrons. The van der Waals surface area contributed by atoms with Crippen molar-refractivity contribution in [3.05, 3.63) is 29.8 Å². The van der Waals surface area contributed by atoms with Gasteiger partial charge in [0.2, 0.25) is 11.7 Å². The van der Waals surface area contributed by atoms with Gasteiger partial charge in [0.05, 0.1) is 19.8 Å². The van der Waals surface area contributed by atoms with E-state index in [2.05, 4.69) is 5.32 Å². The first-order valence-electron chi connectivity index (χ1n) is 6.53. The Kier molecular flexibility index (Phi) is 8.22. The van der Waals surface area contributed by atoms with Gasteiger partial charge in [-0.05, 0) is 12.1 Å². The van der Waals surface area contributed by atoms with E-state index in [4.69, 9.17) is 4.74 Å². The van der Waals surface area contributed by atoms with Gasteiger partial charge in [-0.2, -0.15) is 0 Å². The van der Waals surface area contributed by atoms with Crippen LogP contribution in [0.3, 0.4) is 0 Å². The van der Waals surface area contributed by atoms with Gasteiger partial charge < -0.3 is 24.9 Å². The van der Waals surface area contributed by atoms with Gasteiger partial charge in [0.15, 0.2) is 0 Å². The number of anilines is 1. The van der Waals surface area contributed by atoms with Crippen LogP contribution in [0.25, 0.3) is 0 Å². The van der Waals surface area contributed by atoms with Crippen LogP contribution in [0.2, 0.25) is 0 Å². The molecule has 8 heteroatoms. The fraction of sp³-hybridized carbons (Fsp3) is 0.357. The molecule has 0 radical (unpaired) electrons. The molecule has 22 heavy (non-hydrogen) atoms. The van der Waals surface area contributed by atoms with Crippen LogP contribution in [0.5, 0.6) is 0 Å². The van der Waals surface area contributed by atoms with Gasteiger partial charge in [-0.3, -0.25) is 9.59 Å². The Morgan fingerprint density at radius 3 is 2.45 bits per heavy atom. The Labute approximate surface area is 170 Å². The quantitative estimate of drug-likeness (QED) is 0.335. The van der Waals surface area contributed by atoms with Crippen molar-refractivity contribution in [2.24, 2.45) is 0 Å². The predicted octanol–water partition coefficient (Wildman–Crippen LogP) is -4.11. The number of nitrogens with zero attached hydrogens (tertiary/aromatic N) is 1. The molecule has 1 saturated heterocycles. The molecule has 0 bridgehead atoms. The van der Waals surface area contributed by atoms with Crippen LogP contribution in [0.15, 0.2) is 24.3 Å². The van der Waals surface area contributed by atoms with Crippen molar-refractivity contribution >= 4 is 23.3 Å². The second-order valence-corrected chi connectivity index (χ2v) is 4.51. The summed E-state index contributed by atoms with van der Waals surface area (Å²) in [6.45, 7) is 2.05. The zero-order chi connectivity index (χ0) is 15.2. The summed E-state index contributed by atoms with van der Waals surface area (Å²) in [6.07, 6.45) is 0. The van der Waals surface area contributed by atoms with E-state index in [1.165, 1.54) is 6.07 Å². The average Bonchev–Trinajstić information content (AvgIpc) is 2.53. The van der Waals surface area contributed by atoms with Crippen molar-refractivity contribution in [1.82, 2.24) is 4.90 Å². The van der Waals surface area contributed by atoms with Gasteiger partial charge in [-0.15, -0.1) is 0 Å². The van der Waals surface area contributed by atoms with Gasteiger partial charge in [0, 0.05) is 24.3 Å². The molecule has 0 saturated carbocycles. The number of para-hydroxylation sites is 1. The number of carboxylic acid groups (broad SMARTS) is 1. The molecule has 0 atom stereocenters. The molecule has 1 amide bonds. The summed E-state index contributed by atoms with van der Waals surface area (Å²) in [5.41, 5.74) is 0.278. The van der Waals surface area contributed by atoms with Crippen molar-refractivity contribution in [3.63, 3.8) is 0 Å². The average molecular weight is 330 g/mol. The zero-order valence-corrected chi connectivity index (χ0v) is 15.5. The largest absolute Gasteiger partial charge is 1.00 e. The predicted molar refractivity (Wildman–Crippen MR) is 71.7 cm³/mol. The van der Waals surface area contributed by atoms with Crippen LogP contribution in [-0.2, 0) is 14.3 Å². The normalized spacial score (nSPS) is 13.9. The van der Waals surface area contributed by atoms with E-state index < -0.39 is 11.8 Å². The topological polar surface area (TPSA) is 98.8 Å². The molecule has 1 aliphatic rings. The molecule has 0 spiro atoms. The standard InChI is InChI=1S/C14H16N2O5.K/c17-12(16-5-7-21-8-6-16)9-15-11-4-2-1-3-10(11)13(18)14(19)20;/h1-4,15H,5-9H2,(H,19,20);/q;+1/p-1. The van der Waals surface area contributed by atoms with E-state index in [9.17, 15) is 19.5 Å². The Morgan fingerprint density at radius 1 is 1.18 bits per heavy atom. The van der Waals surface area contributed by atoms with Gasteiger partial charge in [-0.25, -0.2) is 0 Å². The fourth-order valence-corrected chi connectivity index (χ4v) is 2.04. The number of ketones is 1. The maximum Gasteiger partial charge on any atom is 1.00 e. The van der Waals surface area contributed by atoms with Crippen LogP contribution in [-0.4, -0.2) is 55.4 Å². The second-order valence-electron chi connectivity index (χ2n) is 4.51. The van der Waals surface area contributed by atoms with Crippen molar-refractivity contribution in [2.45, 2.75) is 0 Å². The second kappa shape index (κ2) is 9.38. The molecule has 1 fully saturated rings. The molecular weight excluding hydrogens is 315 g/mol. The van der Waals surface area contributed by atoms with Crippen LogP contribution < -0.4 is 61.8 Å². The first-order chi connectivity index (χ1) is 10.1. The van der Waals surface area contributed by atoms with Gasteiger partial charge >= 0.3 is 51.4 Å². The Balaban J connectivity index is 0.00000242. The van der Waals surface area contributed by atoms with E-state index in [-0.39, 0.29) is 69.4 Å². The van der Waals surface area contributed by atoms with E-state index >= 15 is 0 Å². The summed E-state index contributed by atoms with van der Waals surface area (Å²) in [5.74, 6) is -3.02. The Hall–Kier alpha value is -0.774. The van der Waals surface area contributed by atoms with Gasteiger partial charge in [0.1, 0.15) is 5.97 Å². The number of morpholine rings is 1. The van der Waals surface area contributed by atoms with E-state index in [0.717, 1.165) is 0 Å². The molecule has 1 heterocycles. The summed E-state index contributed by atoms with van der Waals surface area (Å²) in [4.78, 5) is 35.8. The monoisotopic (exact) mass is 330 g/mol. The molecule has 2 rings (SSSR count). The molecule has 1 aromatic carbocycles. The third-order valence-corrected chi connectivity index (χ3v) is 3.15. The summed E-state index contributed by atoms with van der Waals surface area (Å²) < 4.78 is 5.16. The van der Waals surface area contributed by atoms with Crippen LogP contribution in [0, 0.1) is 0 Å². The van der Waals surface area contributed by atoms with Crippen LogP contribution in [0.1, 0.15) is 10.4 Å². The molecule has 0 aliphatic carbocycles. The number of rotatable bonds is 5. The van der Waals surface area contributed by atoms with Crippen molar-refractivity contribution < 1.29 is 75.6 Å². The minimum Gasteiger partial charge on any atom is -0.541 e. The number of carbonyl (C=O) groups excluding carboxylic acids is 3. The maximum absolute atomic E-state index is 12.0. The molecule has 1 aromatic rings. The first-order valence-corrected chi connectivity index (χ1v) is 6.53. The first kappa shape index (κ1) is 19.3. The molecule has 1 N–H and O–H groups in total. The number of carbonyl (C=O) groups is 3. The number of nitrogens with one attached hydrogen (secondary N) is 1. The zero-order valence-electron chi connectivity index (χ0n) is 12.3. The Morgan fingerprint density at radius 2 is 1.82 bits per heavy atom. The molecule has 0 unspecified atom stereocenters. The summed E-state index contributed by atoms with van der Waals surface area (Å²) >= 11 is 0. The fourth-order valence-electron chi connectivity index (χ4n) is 2.04. The van der Waals surface area contributed by atoms with E-state index in [0.29, 0.717) is 32.0 Å². The molecule has 1 aliphatic heterocycles. The number of aliphatic carboxylic acids is 1. The number of carboxylic acids is 1. The van der Waals surface area contributed by atoms with Crippen LogP contribution in [0.4, 0.5) is 5.69 Å². The number of benzene rings is 1. The number of Topliss-reactive ketones (excluding diaryl/α,β-unsaturated/α-hetero) is 1. The Bertz CT molecular complexity index is 558. The minimum absolute atomic E-state index is 0. The summed E-state index contributed by atoms with van der Waals surface area (Å²) in [7, 11) is 0.